The van der Waals surface area contributed by atoms with Crippen molar-refractivity contribution < 1.29 is 19.1 Å². The van der Waals surface area contributed by atoms with Crippen molar-refractivity contribution in [2.24, 2.45) is 0 Å². The maximum Gasteiger partial charge on any atom is 0.261 e. The number of carbonyl (C=O) groups excluding carboxylic acids is 2. The van der Waals surface area contributed by atoms with Gasteiger partial charge in [-0.2, -0.15) is 0 Å². The first-order valence-corrected chi connectivity index (χ1v) is 11.7. The highest BCUT2D eigenvalue weighted by atomic mass is 16.5. The molecule has 35 heavy (non-hydrogen) atoms. The summed E-state index contributed by atoms with van der Waals surface area (Å²) in [4.78, 5) is 28.2. The van der Waals surface area contributed by atoms with Crippen molar-refractivity contribution in [2.75, 3.05) is 20.8 Å². The van der Waals surface area contributed by atoms with Crippen molar-refractivity contribution >= 4 is 11.8 Å². The van der Waals surface area contributed by atoms with Crippen LogP contribution in [0.25, 0.3) is 0 Å². The number of ether oxygens (including phenoxy) is 2. The van der Waals surface area contributed by atoms with E-state index in [1.54, 1.807) is 19.1 Å². The molecule has 2 amide bonds. The highest BCUT2D eigenvalue weighted by molar-refractivity contribution is 5.88. The Kier molecular flexibility index (Phi) is 8.90. The Morgan fingerprint density at radius 1 is 0.943 bits per heavy atom. The van der Waals surface area contributed by atoms with Gasteiger partial charge >= 0.3 is 0 Å². The molecule has 6 nitrogen and oxygen atoms in total. The molecule has 184 valence electrons. The molecule has 6 heteroatoms. The molecule has 0 spiro atoms. The topological polar surface area (TPSA) is 67.9 Å². The summed E-state index contributed by atoms with van der Waals surface area (Å²) < 4.78 is 11.3. The summed E-state index contributed by atoms with van der Waals surface area (Å²) in [5.41, 5.74) is 5.00. The quantitative estimate of drug-likeness (QED) is 0.473. The van der Waals surface area contributed by atoms with Gasteiger partial charge in [-0.3, -0.25) is 9.59 Å². The summed E-state index contributed by atoms with van der Waals surface area (Å²) in [7, 11) is 3.19. The molecule has 1 N–H and O–H groups in total. The van der Waals surface area contributed by atoms with E-state index in [1.165, 1.54) is 0 Å². The lowest BCUT2D eigenvalue weighted by Gasteiger charge is -2.31. The maximum atomic E-state index is 13.6. The molecule has 0 aliphatic carbocycles. The van der Waals surface area contributed by atoms with Crippen LogP contribution in [-0.2, 0) is 22.6 Å². The van der Waals surface area contributed by atoms with Crippen LogP contribution in [-0.4, -0.2) is 43.5 Å². The van der Waals surface area contributed by atoms with Gasteiger partial charge in [-0.1, -0.05) is 48.5 Å². The highest BCUT2D eigenvalue weighted by Gasteiger charge is 2.30. The Bertz CT molecular complexity index is 1160. The van der Waals surface area contributed by atoms with Crippen molar-refractivity contribution in [1.29, 1.82) is 0 Å². The summed E-state index contributed by atoms with van der Waals surface area (Å²) >= 11 is 0. The molecule has 0 radical (unpaired) electrons. The van der Waals surface area contributed by atoms with Gasteiger partial charge in [0, 0.05) is 20.0 Å². The average molecular weight is 475 g/mol. The Balaban J connectivity index is 1.92. The van der Waals surface area contributed by atoms with Crippen LogP contribution in [0.5, 0.6) is 11.5 Å². The van der Waals surface area contributed by atoms with E-state index in [0.29, 0.717) is 17.9 Å². The van der Waals surface area contributed by atoms with Crippen LogP contribution in [0.4, 0.5) is 0 Å². The maximum absolute atomic E-state index is 13.6. The first-order valence-electron chi connectivity index (χ1n) is 11.7. The van der Waals surface area contributed by atoms with Gasteiger partial charge in [0.25, 0.3) is 5.91 Å². The summed E-state index contributed by atoms with van der Waals surface area (Å²) in [5, 5.41) is 2.73. The minimum atomic E-state index is -0.704. The normalized spacial score (nSPS) is 11.5. The number of amides is 2. The van der Waals surface area contributed by atoms with E-state index in [0.717, 1.165) is 27.8 Å². The first-order chi connectivity index (χ1) is 16.8. The lowest BCUT2D eigenvalue weighted by atomic mass is 10.0. The molecule has 0 unspecified atom stereocenters. The molecule has 0 heterocycles. The average Bonchev–Trinajstić information content (AvgIpc) is 2.87. The number of nitrogens with zero attached hydrogens (tertiary/aromatic N) is 1. The zero-order valence-electron chi connectivity index (χ0n) is 21.1. The van der Waals surface area contributed by atoms with E-state index in [9.17, 15) is 9.59 Å². The Morgan fingerprint density at radius 3 is 2.34 bits per heavy atom. The summed E-state index contributed by atoms with van der Waals surface area (Å²) in [6, 6.07) is 20.5. The fourth-order valence-electron chi connectivity index (χ4n) is 4.06. The lowest BCUT2D eigenvalue weighted by molar-refractivity contribution is -0.142. The molecule has 3 aromatic rings. The predicted molar refractivity (Wildman–Crippen MR) is 138 cm³/mol. The number of methoxy groups -OCH3 is 1. The Labute approximate surface area is 207 Å². The SMILES string of the molecule is CNC(=O)[C@@H](Cc1ccccc1)N(Cc1cccc(OC)c1)C(=O)COc1cc(C)cc(C)c1C. The molecule has 0 aliphatic rings. The van der Waals surface area contributed by atoms with Gasteiger partial charge in [0.05, 0.1) is 7.11 Å². The Morgan fingerprint density at radius 2 is 1.66 bits per heavy atom. The predicted octanol–water partition coefficient (Wildman–Crippen LogP) is 4.39. The summed E-state index contributed by atoms with van der Waals surface area (Å²) in [6.07, 6.45) is 0.388. The van der Waals surface area contributed by atoms with E-state index < -0.39 is 6.04 Å². The minimum absolute atomic E-state index is 0.171. The van der Waals surface area contributed by atoms with Crippen molar-refractivity contribution in [2.45, 2.75) is 39.8 Å². The number of benzene rings is 3. The second kappa shape index (κ2) is 12.1. The highest BCUT2D eigenvalue weighted by Crippen LogP contribution is 2.24. The molecule has 0 aliphatic heterocycles. The lowest BCUT2D eigenvalue weighted by Crippen LogP contribution is -2.51. The Hall–Kier alpha value is -3.80. The third kappa shape index (κ3) is 6.85. The van der Waals surface area contributed by atoms with Gasteiger partial charge in [-0.15, -0.1) is 0 Å². The number of aryl methyl sites for hydroxylation is 2. The van der Waals surface area contributed by atoms with Gasteiger partial charge in [0.1, 0.15) is 17.5 Å². The van der Waals surface area contributed by atoms with Crippen molar-refractivity contribution in [3.8, 4) is 11.5 Å². The zero-order valence-corrected chi connectivity index (χ0v) is 21.1. The standard InChI is InChI=1S/C29H34N2O4/c1-20-14-21(2)22(3)27(15-20)35-19-28(32)31(18-24-12-9-13-25(16-24)34-5)26(29(33)30-4)17-23-10-7-6-8-11-23/h6-16,26H,17-19H2,1-5H3,(H,30,33)/t26-/m1/s1. The number of hydrogen-bond acceptors (Lipinski definition) is 4. The molecule has 0 aromatic heterocycles. The van der Waals surface area contributed by atoms with E-state index in [2.05, 4.69) is 11.4 Å². The second-order valence-electron chi connectivity index (χ2n) is 8.69. The first kappa shape index (κ1) is 25.8. The molecule has 3 rings (SSSR count). The molecular formula is C29H34N2O4. The minimum Gasteiger partial charge on any atom is -0.497 e. The molecule has 0 fully saturated rings. The molecule has 3 aromatic carbocycles. The van der Waals surface area contributed by atoms with Crippen molar-refractivity contribution in [1.82, 2.24) is 10.2 Å². The van der Waals surface area contributed by atoms with Gasteiger partial charge < -0.3 is 19.7 Å². The second-order valence-corrected chi connectivity index (χ2v) is 8.69. The molecule has 0 saturated heterocycles. The summed E-state index contributed by atoms with van der Waals surface area (Å²) in [5.74, 6) is 0.872. The third-order valence-electron chi connectivity index (χ3n) is 6.12. The fourth-order valence-corrected chi connectivity index (χ4v) is 4.06. The number of nitrogens with one attached hydrogen (secondary N) is 1. The fraction of sp³-hybridized carbons (Fsp3) is 0.310. The van der Waals surface area contributed by atoms with Gasteiger partial charge in [-0.25, -0.2) is 0 Å². The molecule has 1 atom stereocenters. The monoisotopic (exact) mass is 474 g/mol. The van der Waals surface area contributed by atoms with Gasteiger partial charge in [-0.05, 0) is 66.8 Å². The van der Waals surface area contributed by atoms with Crippen LogP contribution in [0.2, 0.25) is 0 Å². The van der Waals surface area contributed by atoms with Crippen LogP contribution in [0.1, 0.15) is 27.8 Å². The molecule has 0 saturated carbocycles. The number of hydrogen-bond donors (Lipinski definition) is 1. The van der Waals surface area contributed by atoms with Crippen molar-refractivity contribution in [3.63, 3.8) is 0 Å². The number of likely N-dealkylation sites (N-methyl/N-ethyl adjacent to an activating group) is 1. The molecule has 0 bridgehead atoms. The number of carbonyl (C=O) groups is 2. The largest absolute Gasteiger partial charge is 0.497 e. The van der Waals surface area contributed by atoms with Gasteiger partial charge in [0.15, 0.2) is 6.61 Å². The van der Waals surface area contributed by atoms with E-state index >= 15 is 0 Å². The molecular weight excluding hydrogens is 440 g/mol. The van der Waals surface area contributed by atoms with E-state index in [4.69, 9.17) is 9.47 Å². The summed E-state index contributed by atoms with van der Waals surface area (Å²) in [6.45, 7) is 6.07. The van der Waals surface area contributed by atoms with Crippen LogP contribution < -0.4 is 14.8 Å². The zero-order chi connectivity index (χ0) is 25.4. The number of rotatable bonds is 10. The van der Waals surface area contributed by atoms with Crippen LogP contribution in [0.15, 0.2) is 66.7 Å². The van der Waals surface area contributed by atoms with E-state index in [-0.39, 0.29) is 25.0 Å². The smallest absolute Gasteiger partial charge is 0.261 e. The van der Waals surface area contributed by atoms with E-state index in [1.807, 2.05) is 81.4 Å². The third-order valence-corrected chi connectivity index (χ3v) is 6.12. The van der Waals surface area contributed by atoms with Gasteiger partial charge in [0.2, 0.25) is 5.91 Å². The van der Waals surface area contributed by atoms with Crippen molar-refractivity contribution in [3.05, 3.63) is 94.5 Å². The van der Waals surface area contributed by atoms with Crippen LogP contribution in [0.3, 0.4) is 0 Å². The van der Waals surface area contributed by atoms with Crippen LogP contribution >= 0.6 is 0 Å². The van der Waals surface area contributed by atoms with Crippen LogP contribution in [0, 0.1) is 20.8 Å².